The van der Waals surface area contributed by atoms with Gasteiger partial charge in [-0.05, 0) is 99.5 Å². The third-order valence-electron chi connectivity index (χ3n) is 10.8. The van der Waals surface area contributed by atoms with Gasteiger partial charge in [-0.25, -0.2) is 14.6 Å². The van der Waals surface area contributed by atoms with Crippen LogP contribution in [-0.4, -0.2) is 84.6 Å². The Morgan fingerprint density at radius 2 is 1.62 bits per heavy atom. The van der Waals surface area contributed by atoms with Crippen LogP contribution in [0.15, 0.2) is 84.0 Å². The summed E-state index contributed by atoms with van der Waals surface area (Å²) in [6.07, 6.45) is 9.26. The molecule has 4 amide bonds. The zero-order chi connectivity index (χ0) is 38.6. The van der Waals surface area contributed by atoms with Gasteiger partial charge in [0.15, 0.2) is 5.65 Å². The van der Waals surface area contributed by atoms with E-state index in [2.05, 4.69) is 24.9 Å². The molecule has 13 nitrogen and oxygen atoms in total. The standard InChI is InChI=1S/C42H44N8O5S/c43-38-36-37(27-16-18-30(19-17-27)55-29-12-5-4-6-13-29)47-50(39(36)45-26-44-38)28-11-10-23-48(25-28)22-7-2-1-3-8-24-56-33-15-9-14-31-35(33)42(54)49(41(31)53)32-20-21-34(51)46-40(32)52/h4-6,9,12-19,26,28,32H,1-3,7-8,10-11,20-25H2,(H2,43,44,45)(H,46,51,52). The Labute approximate surface area is 329 Å². The Balaban J connectivity index is 0.811. The van der Waals surface area contributed by atoms with E-state index >= 15 is 0 Å². The van der Waals surface area contributed by atoms with E-state index in [4.69, 9.17) is 15.6 Å². The third kappa shape index (κ3) is 7.76. The highest BCUT2D eigenvalue weighted by molar-refractivity contribution is 7.99. The minimum Gasteiger partial charge on any atom is -0.457 e. The lowest BCUT2D eigenvalue weighted by molar-refractivity contribution is -0.136. The maximum absolute atomic E-state index is 13.4. The number of nitrogens with two attached hydrogens (primary N) is 1. The van der Waals surface area contributed by atoms with E-state index in [0.29, 0.717) is 16.9 Å². The fraction of sp³-hybridized carbons (Fsp3) is 0.357. The van der Waals surface area contributed by atoms with Gasteiger partial charge in [-0.1, -0.05) is 43.5 Å². The van der Waals surface area contributed by atoms with Crippen LogP contribution in [0.2, 0.25) is 0 Å². The van der Waals surface area contributed by atoms with Gasteiger partial charge < -0.3 is 15.4 Å². The molecule has 0 radical (unpaired) electrons. The Bertz CT molecular complexity index is 2260. The molecule has 2 atom stereocenters. The number of likely N-dealkylation sites (tertiary alicyclic amines) is 1. The molecule has 2 unspecified atom stereocenters. The van der Waals surface area contributed by atoms with E-state index in [1.54, 1.807) is 23.9 Å². The van der Waals surface area contributed by atoms with Crippen LogP contribution < -0.4 is 15.8 Å². The molecular formula is C42H44N8O5S. The number of carbonyl (C=O) groups is 4. The minimum atomic E-state index is -0.961. The first-order chi connectivity index (χ1) is 27.4. The Kier molecular flexibility index (Phi) is 11.1. The van der Waals surface area contributed by atoms with Gasteiger partial charge in [-0.15, -0.1) is 11.8 Å². The molecular weight excluding hydrogens is 729 g/mol. The van der Waals surface area contributed by atoms with Crippen LogP contribution in [-0.2, 0) is 9.59 Å². The molecule has 5 aromatic rings. The van der Waals surface area contributed by atoms with Gasteiger partial charge in [0.25, 0.3) is 11.8 Å². The number of hydrogen-bond donors (Lipinski definition) is 2. The molecule has 3 aliphatic heterocycles. The average Bonchev–Trinajstić information content (AvgIpc) is 3.72. The molecule has 3 aliphatic rings. The monoisotopic (exact) mass is 772 g/mol. The summed E-state index contributed by atoms with van der Waals surface area (Å²) in [7, 11) is 0. The van der Waals surface area contributed by atoms with Crippen molar-refractivity contribution in [2.24, 2.45) is 0 Å². The maximum atomic E-state index is 13.4. The summed E-state index contributed by atoms with van der Waals surface area (Å²) >= 11 is 1.58. The van der Waals surface area contributed by atoms with Crippen molar-refractivity contribution in [1.29, 1.82) is 0 Å². The number of thioether (sulfide) groups is 1. The number of benzene rings is 3. The number of piperidine rings is 2. The fourth-order valence-corrected chi connectivity index (χ4v) is 9.03. The van der Waals surface area contributed by atoms with Crippen molar-refractivity contribution in [3.63, 3.8) is 0 Å². The van der Waals surface area contributed by atoms with Crippen molar-refractivity contribution in [3.8, 4) is 22.8 Å². The fourth-order valence-electron chi connectivity index (χ4n) is 7.95. The van der Waals surface area contributed by atoms with Crippen molar-refractivity contribution in [2.75, 3.05) is 31.1 Å². The van der Waals surface area contributed by atoms with Crippen LogP contribution in [0.1, 0.15) is 84.5 Å². The highest BCUT2D eigenvalue weighted by atomic mass is 32.2. The summed E-state index contributed by atoms with van der Waals surface area (Å²) in [5.41, 5.74) is 9.57. The Morgan fingerprint density at radius 1 is 0.839 bits per heavy atom. The number of aromatic nitrogens is 4. The number of nitrogens with one attached hydrogen (secondary N) is 1. The molecule has 56 heavy (non-hydrogen) atoms. The van der Waals surface area contributed by atoms with Gasteiger partial charge >= 0.3 is 0 Å². The Morgan fingerprint density at radius 3 is 2.45 bits per heavy atom. The molecule has 3 aromatic carbocycles. The van der Waals surface area contributed by atoms with E-state index in [9.17, 15) is 19.2 Å². The first kappa shape index (κ1) is 37.3. The van der Waals surface area contributed by atoms with E-state index in [-0.39, 0.29) is 24.8 Å². The van der Waals surface area contributed by atoms with Crippen LogP contribution in [0.5, 0.6) is 11.5 Å². The largest absolute Gasteiger partial charge is 0.457 e. The summed E-state index contributed by atoms with van der Waals surface area (Å²) in [5.74, 6) is 0.843. The molecule has 5 heterocycles. The lowest BCUT2D eigenvalue weighted by atomic mass is 10.0. The number of unbranched alkanes of at least 4 members (excludes halogenated alkanes) is 4. The number of amides is 4. The molecule has 14 heteroatoms. The molecule has 2 aromatic heterocycles. The second-order valence-electron chi connectivity index (χ2n) is 14.5. The predicted molar refractivity (Wildman–Crippen MR) is 213 cm³/mol. The first-order valence-corrected chi connectivity index (χ1v) is 20.4. The van der Waals surface area contributed by atoms with Gasteiger partial charge in [0.1, 0.15) is 35.4 Å². The minimum absolute atomic E-state index is 0.0998. The molecule has 0 saturated carbocycles. The highest BCUT2D eigenvalue weighted by Gasteiger charge is 2.45. The van der Waals surface area contributed by atoms with Gasteiger partial charge in [-0.2, -0.15) is 5.10 Å². The maximum Gasteiger partial charge on any atom is 0.263 e. The summed E-state index contributed by atoms with van der Waals surface area (Å²) < 4.78 is 8.05. The van der Waals surface area contributed by atoms with Gasteiger partial charge in [0.2, 0.25) is 11.8 Å². The number of rotatable bonds is 14. The topological polar surface area (TPSA) is 166 Å². The lowest BCUT2D eigenvalue weighted by Crippen LogP contribution is -2.54. The number of hydrogen-bond acceptors (Lipinski definition) is 11. The van der Waals surface area contributed by atoms with E-state index in [1.165, 1.54) is 6.33 Å². The predicted octanol–water partition coefficient (Wildman–Crippen LogP) is 6.65. The molecule has 8 rings (SSSR count). The smallest absolute Gasteiger partial charge is 0.263 e. The molecule has 0 spiro atoms. The van der Waals surface area contributed by atoms with Crippen LogP contribution in [0.3, 0.4) is 0 Å². The number of imide groups is 2. The molecule has 2 fully saturated rings. The van der Waals surface area contributed by atoms with Crippen molar-refractivity contribution in [3.05, 3.63) is 90.3 Å². The second-order valence-corrected chi connectivity index (χ2v) is 15.7. The van der Waals surface area contributed by atoms with Gasteiger partial charge in [0.05, 0.1) is 22.6 Å². The number of nitrogens with zero attached hydrogens (tertiary/aromatic N) is 6. The van der Waals surface area contributed by atoms with Crippen LogP contribution >= 0.6 is 11.8 Å². The number of anilines is 1. The SMILES string of the molecule is Nc1ncnc2c1c(-c1ccc(Oc3ccccc3)cc1)nn2C1CCCN(CCCCCCCSc2cccc3c2C(=O)N(C2CCC(=O)NC2=O)C3=O)C1. The summed E-state index contributed by atoms with van der Waals surface area (Å²) in [5, 5.41) is 8.13. The summed E-state index contributed by atoms with van der Waals surface area (Å²) in [6, 6.07) is 22.1. The number of para-hydroxylation sites is 1. The molecule has 3 N–H and O–H groups in total. The zero-order valence-corrected chi connectivity index (χ0v) is 31.9. The van der Waals surface area contributed by atoms with Crippen LogP contribution in [0.25, 0.3) is 22.3 Å². The van der Waals surface area contributed by atoms with Crippen molar-refractivity contribution in [1.82, 2.24) is 34.9 Å². The second kappa shape index (κ2) is 16.6. The van der Waals surface area contributed by atoms with E-state index in [1.807, 2.05) is 60.7 Å². The first-order valence-electron chi connectivity index (χ1n) is 19.4. The van der Waals surface area contributed by atoms with E-state index < -0.39 is 23.8 Å². The van der Waals surface area contributed by atoms with Crippen molar-refractivity contribution < 1.29 is 23.9 Å². The number of ether oxygens (including phenoxy) is 1. The number of nitrogen functional groups attached to an aromatic ring is 1. The quantitative estimate of drug-likeness (QED) is 0.0705. The third-order valence-corrected chi connectivity index (χ3v) is 11.9. The van der Waals surface area contributed by atoms with Gasteiger partial charge in [-0.3, -0.25) is 29.4 Å². The van der Waals surface area contributed by atoms with Gasteiger partial charge in [0, 0.05) is 23.4 Å². The zero-order valence-electron chi connectivity index (χ0n) is 31.1. The molecule has 2 saturated heterocycles. The summed E-state index contributed by atoms with van der Waals surface area (Å²) in [4.78, 5) is 63.9. The van der Waals surface area contributed by atoms with Crippen LogP contribution in [0, 0.1) is 0 Å². The normalized spacial score (nSPS) is 18.8. The lowest BCUT2D eigenvalue weighted by Gasteiger charge is -2.33. The molecule has 0 aliphatic carbocycles. The Hall–Kier alpha value is -5.60. The number of fused-ring (bicyclic) bond motifs is 2. The molecule has 0 bridgehead atoms. The van der Waals surface area contributed by atoms with Crippen molar-refractivity contribution in [2.45, 2.75) is 74.8 Å². The highest BCUT2D eigenvalue weighted by Crippen LogP contribution is 2.36. The summed E-state index contributed by atoms with van der Waals surface area (Å²) in [6.45, 7) is 2.97. The van der Waals surface area contributed by atoms with E-state index in [0.717, 1.165) is 114 Å². The number of carbonyl (C=O) groups excluding carboxylic acids is 4. The molecule has 288 valence electrons. The van der Waals surface area contributed by atoms with Crippen LogP contribution in [0.4, 0.5) is 5.82 Å². The average molecular weight is 773 g/mol. The van der Waals surface area contributed by atoms with Crippen molar-refractivity contribution >= 4 is 52.2 Å².